The molecule has 0 heteroatoms. The van der Waals surface area contributed by atoms with Crippen molar-refractivity contribution in [1.29, 1.82) is 0 Å². The Kier molecular flexibility index (Phi) is 3.33. The van der Waals surface area contributed by atoms with Crippen LogP contribution in [0.3, 0.4) is 0 Å². The van der Waals surface area contributed by atoms with Gasteiger partial charge >= 0.3 is 0 Å². The van der Waals surface area contributed by atoms with Gasteiger partial charge in [-0.1, -0.05) is 36.8 Å². The second-order valence-corrected chi connectivity index (χ2v) is 3.75. The molecule has 0 aliphatic heterocycles. The molecule has 0 N–H and O–H groups in total. The molecule has 0 spiro atoms. The summed E-state index contributed by atoms with van der Waals surface area (Å²) in [5.41, 5.74) is 1.40. The quantitative estimate of drug-likeness (QED) is 0.555. The topological polar surface area (TPSA) is 0 Å². The van der Waals surface area contributed by atoms with E-state index in [1.807, 2.05) is 6.08 Å². The molecule has 1 aliphatic carbocycles. The highest BCUT2D eigenvalue weighted by molar-refractivity contribution is 5.21. The summed E-state index contributed by atoms with van der Waals surface area (Å²) in [5.74, 6) is 1.38. The third-order valence-corrected chi connectivity index (χ3v) is 2.45. The summed E-state index contributed by atoms with van der Waals surface area (Å²) in [6.45, 7) is 8.19. The summed E-state index contributed by atoms with van der Waals surface area (Å²) in [5, 5.41) is 0. The molecule has 0 bridgehead atoms. The summed E-state index contributed by atoms with van der Waals surface area (Å²) in [6, 6.07) is 0. The Morgan fingerprint density at radius 1 is 1.75 bits per heavy atom. The number of allylic oxidation sites excluding steroid dienone is 5. The van der Waals surface area contributed by atoms with Crippen LogP contribution in [0.4, 0.5) is 0 Å². The first-order valence-corrected chi connectivity index (χ1v) is 4.70. The molecule has 1 aliphatic rings. The average molecular weight is 162 g/mol. The smallest absolute Gasteiger partial charge is 0.0190 e. The van der Waals surface area contributed by atoms with Gasteiger partial charge in [0.15, 0.2) is 0 Å². The molecule has 0 aromatic carbocycles. The summed E-state index contributed by atoms with van der Waals surface area (Å²) >= 11 is 0. The maximum Gasteiger partial charge on any atom is -0.0190 e. The molecule has 2 atom stereocenters. The molecule has 0 aromatic heterocycles. The number of rotatable bonds is 3. The van der Waals surface area contributed by atoms with Crippen LogP contribution in [0.25, 0.3) is 0 Å². The van der Waals surface area contributed by atoms with Crippen molar-refractivity contribution >= 4 is 0 Å². The zero-order chi connectivity index (χ0) is 8.97. The van der Waals surface area contributed by atoms with E-state index in [9.17, 15) is 0 Å². The average Bonchev–Trinajstić information content (AvgIpc) is 2.09. The van der Waals surface area contributed by atoms with Gasteiger partial charge in [0, 0.05) is 0 Å². The van der Waals surface area contributed by atoms with E-state index in [1.54, 1.807) is 0 Å². The fraction of sp³-hybridized carbons (Fsp3) is 0.500. The lowest BCUT2D eigenvalue weighted by molar-refractivity contribution is 0.510. The molecule has 0 heterocycles. The molecule has 2 unspecified atom stereocenters. The molecule has 66 valence electrons. The molecule has 0 saturated carbocycles. The first kappa shape index (κ1) is 9.31. The SMILES string of the molecule is C=CC(C)CC1C=CC(C)=CC1. The second-order valence-electron chi connectivity index (χ2n) is 3.75. The molecule has 0 fully saturated rings. The zero-order valence-electron chi connectivity index (χ0n) is 8.09. The Balaban J connectivity index is 2.38. The minimum Gasteiger partial charge on any atom is -0.103 e. The van der Waals surface area contributed by atoms with Gasteiger partial charge < -0.3 is 0 Å². The van der Waals surface area contributed by atoms with Gasteiger partial charge in [-0.25, -0.2) is 0 Å². The van der Waals surface area contributed by atoms with Crippen molar-refractivity contribution in [2.45, 2.75) is 26.7 Å². The van der Waals surface area contributed by atoms with Crippen LogP contribution in [-0.2, 0) is 0 Å². The van der Waals surface area contributed by atoms with Gasteiger partial charge in [0.2, 0.25) is 0 Å². The van der Waals surface area contributed by atoms with Gasteiger partial charge in [0.25, 0.3) is 0 Å². The summed E-state index contributed by atoms with van der Waals surface area (Å²) in [7, 11) is 0. The van der Waals surface area contributed by atoms with Crippen LogP contribution < -0.4 is 0 Å². The Hall–Kier alpha value is -0.780. The largest absolute Gasteiger partial charge is 0.103 e. The number of hydrogen-bond acceptors (Lipinski definition) is 0. The van der Waals surface area contributed by atoms with E-state index in [0.717, 1.165) is 5.92 Å². The molecule has 12 heavy (non-hydrogen) atoms. The van der Waals surface area contributed by atoms with Crippen molar-refractivity contribution in [1.82, 2.24) is 0 Å². The van der Waals surface area contributed by atoms with Crippen molar-refractivity contribution in [3.8, 4) is 0 Å². The van der Waals surface area contributed by atoms with Crippen molar-refractivity contribution in [3.63, 3.8) is 0 Å². The predicted octanol–water partition coefficient (Wildman–Crippen LogP) is 3.72. The molecule has 0 nitrogen and oxygen atoms in total. The van der Waals surface area contributed by atoms with Crippen molar-refractivity contribution in [2.24, 2.45) is 11.8 Å². The third-order valence-electron chi connectivity index (χ3n) is 2.45. The van der Waals surface area contributed by atoms with E-state index >= 15 is 0 Å². The summed E-state index contributed by atoms with van der Waals surface area (Å²) < 4.78 is 0. The Morgan fingerprint density at radius 3 is 3.00 bits per heavy atom. The van der Waals surface area contributed by atoms with E-state index in [1.165, 1.54) is 18.4 Å². The zero-order valence-corrected chi connectivity index (χ0v) is 8.09. The first-order chi connectivity index (χ1) is 5.72. The number of hydrogen-bond donors (Lipinski definition) is 0. The Morgan fingerprint density at radius 2 is 2.50 bits per heavy atom. The van der Waals surface area contributed by atoms with Gasteiger partial charge in [0.1, 0.15) is 0 Å². The lowest BCUT2D eigenvalue weighted by Crippen LogP contribution is -2.03. The fourth-order valence-corrected chi connectivity index (χ4v) is 1.52. The monoisotopic (exact) mass is 162 g/mol. The predicted molar refractivity (Wildman–Crippen MR) is 55.0 cm³/mol. The summed E-state index contributed by atoms with van der Waals surface area (Å²) in [6.07, 6.45) is 11.4. The lowest BCUT2D eigenvalue weighted by Gasteiger charge is -2.16. The van der Waals surface area contributed by atoms with Crippen molar-refractivity contribution in [2.75, 3.05) is 0 Å². The van der Waals surface area contributed by atoms with E-state index < -0.39 is 0 Å². The van der Waals surface area contributed by atoms with Crippen LogP contribution in [0, 0.1) is 11.8 Å². The maximum atomic E-state index is 3.80. The van der Waals surface area contributed by atoms with Crippen LogP contribution in [0.2, 0.25) is 0 Å². The summed E-state index contributed by atoms with van der Waals surface area (Å²) in [4.78, 5) is 0. The Bertz CT molecular complexity index is 208. The molecular weight excluding hydrogens is 144 g/mol. The maximum absolute atomic E-state index is 3.80. The van der Waals surface area contributed by atoms with Crippen LogP contribution >= 0.6 is 0 Å². The molecule has 0 amide bonds. The van der Waals surface area contributed by atoms with Gasteiger partial charge in [-0.3, -0.25) is 0 Å². The van der Waals surface area contributed by atoms with E-state index in [2.05, 4.69) is 38.7 Å². The van der Waals surface area contributed by atoms with Gasteiger partial charge in [-0.05, 0) is 31.6 Å². The van der Waals surface area contributed by atoms with Crippen LogP contribution in [0.5, 0.6) is 0 Å². The van der Waals surface area contributed by atoms with Gasteiger partial charge in [-0.15, -0.1) is 6.58 Å². The fourth-order valence-electron chi connectivity index (χ4n) is 1.52. The van der Waals surface area contributed by atoms with Crippen LogP contribution in [0.15, 0.2) is 36.5 Å². The standard InChI is InChI=1S/C12H18/c1-4-10(2)9-12-7-5-11(3)6-8-12/h4-7,10,12H,1,8-9H2,2-3H3. The highest BCUT2D eigenvalue weighted by Crippen LogP contribution is 2.23. The van der Waals surface area contributed by atoms with E-state index in [4.69, 9.17) is 0 Å². The molecule has 0 aromatic rings. The molecular formula is C12H18. The highest BCUT2D eigenvalue weighted by Gasteiger charge is 2.09. The third kappa shape index (κ3) is 2.69. The van der Waals surface area contributed by atoms with Crippen molar-refractivity contribution in [3.05, 3.63) is 36.5 Å². The lowest BCUT2D eigenvalue weighted by atomic mass is 9.89. The van der Waals surface area contributed by atoms with E-state index in [-0.39, 0.29) is 0 Å². The highest BCUT2D eigenvalue weighted by atomic mass is 14.1. The van der Waals surface area contributed by atoms with Crippen molar-refractivity contribution < 1.29 is 0 Å². The minimum atomic E-state index is 0.645. The molecule has 0 saturated heterocycles. The minimum absolute atomic E-state index is 0.645. The Labute approximate surface area is 75.7 Å². The normalized spacial score (nSPS) is 24.8. The second kappa shape index (κ2) is 4.30. The van der Waals surface area contributed by atoms with Crippen LogP contribution in [0.1, 0.15) is 26.7 Å². The van der Waals surface area contributed by atoms with E-state index in [0.29, 0.717) is 5.92 Å². The van der Waals surface area contributed by atoms with Gasteiger partial charge in [0.05, 0.1) is 0 Å². The molecule has 1 rings (SSSR count). The van der Waals surface area contributed by atoms with Gasteiger partial charge in [-0.2, -0.15) is 0 Å². The first-order valence-electron chi connectivity index (χ1n) is 4.70. The van der Waals surface area contributed by atoms with Crippen LogP contribution in [-0.4, -0.2) is 0 Å². The molecule has 0 radical (unpaired) electrons.